The zero-order valence-electron chi connectivity index (χ0n) is 16.8. The van der Waals surface area contributed by atoms with Crippen LogP contribution in [-0.2, 0) is 14.4 Å². The quantitative estimate of drug-likeness (QED) is 0.601. The summed E-state index contributed by atoms with van der Waals surface area (Å²) < 4.78 is 5.75. The lowest BCUT2D eigenvalue weighted by Crippen LogP contribution is -2.40. The first-order chi connectivity index (χ1) is 15.1. The van der Waals surface area contributed by atoms with E-state index in [-0.39, 0.29) is 47.9 Å². The smallest absolute Gasteiger partial charge is 0.244 e. The SMILES string of the molecule is O=C(CN1C(=O)[C@@H]2[C@@H]3C=C[C@H]([C@H]4C[C@@H]34)[C@@H]2C1=O)Nc1ccc(Oc2ccccc2)cc1. The summed E-state index contributed by atoms with van der Waals surface area (Å²) in [5.74, 6) is 1.56. The fourth-order valence-corrected chi connectivity index (χ4v) is 5.75. The minimum atomic E-state index is -0.373. The lowest BCUT2D eigenvalue weighted by molar-refractivity contribution is -0.142. The average Bonchev–Trinajstić information content (AvgIpc) is 3.57. The molecule has 2 saturated carbocycles. The predicted molar refractivity (Wildman–Crippen MR) is 113 cm³/mol. The van der Waals surface area contributed by atoms with Crippen molar-refractivity contribution in [3.8, 4) is 11.5 Å². The predicted octanol–water partition coefficient (Wildman–Crippen LogP) is 3.47. The van der Waals surface area contributed by atoms with E-state index < -0.39 is 0 Å². The Morgan fingerprint density at radius 1 is 0.871 bits per heavy atom. The highest BCUT2D eigenvalue weighted by Gasteiger charge is 2.67. The molecule has 156 valence electrons. The summed E-state index contributed by atoms with van der Waals surface area (Å²) >= 11 is 0. The third kappa shape index (κ3) is 2.97. The van der Waals surface area contributed by atoms with E-state index in [0.29, 0.717) is 23.3 Å². The molecule has 4 aliphatic carbocycles. The van der Waals surface area contributed by atoms with Crippen molar-refractivity contribution in [2.24, 2.45) is 35.5 Å². The first-order valence-electron chi connectivity index (χ1n) is 10.8. The van der Waals surface area contributed by atoms with E-state index in [1.54, 1.807) is 24.3 Å². The summed E-state index contributed by atoms with van der Waals surface area (Å²) in [6.45, 7) is -0.234. The van der Waals surface area contributed by atoms with Crippen LogP contribution in [0, 0.1) is 35.5 Å². The molecule has 1 aliphatic heterocycles. The Labute approximate surface area is 179 Å². The Bertz CT molecular complexity index is 1060. The molecule has 1 saturated heterocycles. The topological polar surface area (TPSA) is 75.7 Å². The summed E-state index contributed by atoms with van der Waals surface area (Å²) in [7, 11) is 0. The van der Waals surface area contributed by atoms with Crippen LogP contribution in [0.1, 0.15) is 6.42 Å². The molecular weight excluding hydrogens is 392 g/mol. The van der Waals surface area contributed by atoms with Crippen LogP contribution in [0.3, 0.4) is 0 Å². The second-order valence-corrected chi connectivity index (χ2v) is 8.90. The van der Waals surface area contributed by atoms with Crippen LogP contribution in [0.2, 0.25) is 0 Å². The number of likely N-dealkylation sites (tertiary alicyclic amines) is 1. The Morgan fingerprint density at radius 3 is 2.06 bits per heavy atom. The molecule has 2 aromatic rings. The Hall–Kier alpha value is -3.41. The first kappa shape index (κ1) is 18.4. The summed E-state index contributed by atoms with van der Waals surface area (Å²) in [6.07, 6.45) is 5.39. The zero-order valence-corrected chi connectivity index (χ0v) is 16.8. The number of rotatable bonds is 5. The maximum absolute atomic E-state index is 13.0. The lowest BCUT2D eigenvalue weighted by Gasteiger charge is -2.37. The standard InChI is InChI=1S/C25H22N2O4/c28-21(26-14-6-8-16(9-7-14)31-15-4-2-1-3-5-15)13-27-24(29)22-17-10-11-18(20-12-19(17)20)23(22)25(27)30/h1-11,17-20,22-23H,12-13H2,(H,26,28)/t17-,18-,19-,20+,22+,23-/m1/s1. The number of anilines is 1. The number of para-hydroxylation sites is 1. The summed E-state index contributed by atoms with van der Waals surface area (Å²) in [5, 5.41) is 2.78. The van der Waals surface area contributed by atoms with Crippen LogP contribution < -0.4 is 10.1 Å². The third-order valence-electron chi connectivity index (χ3n) is 7.17. The summed E-state index contributed by atoms with van der Waals surface area (Å²) in [4.78, 5) is 39.7. The van der Waals surface area contributed by atoms with Gasteiger partial charge in [-0.1, -0.05) is 30.4 Å². The van der Waals surface area contributed by atoms with Crippen LogP contribution in [0.5, 0.6) is 11.5 Å². The molecule has 6 heteroatoms. The summed E-state index contributed by atoms with van der Waals surface area (Å²) in [5.41, 5.74) is 0.588. The molecule has 0 unspecified atom stereocenters. The van der Waals surface area contributed by atoms with Crippen molar-refractivity contribution in [1.29, 1.82) is 0 Å². The molecular formula is C25H22N2O4. The van der Waals surface area contributed by atoms with E-state index in [0.717, 1.165) is 12.2 Å². The normalized spacial score (nSPS) is 31.9. The van der Waals surface area contributed by atoms with Gasteiger partial charge in [0.05, 0.1) is 11.8 Å². The highest BCUT2D eigenvalue weighted by atomic mass is 16.5. The lowest BCUT2D eigenvalue weighted by atomic mass is 9.63. The third-order valence-corrected chi connectivity index (χ3v) is 7.17. The van der Waals surface area contributed by atoms with E-state index in [1.807, 2.05) is 30.3 Å². The number of nitrogens with zero attached hydrogens (tertiary/aromatic N) is 1. The largest absolute Gasteiger partial charge is 0.457 e. The van der Waals surface area contributed by atoms with Gasteiger partial charge in [-0.15, -0.1) is 0 Å². The molecule has 3 fully saturated rings. The highest BCUT2D eigenvalue weighted by Crippen LogP contribution is 2.65. The van der Waals surface area contributed by atoms with Crippen molar-refractivity contribution < 1.29 is 19.1 Å². The number of benzene rings is 2. The number of allylic oxidation sites excluding steroid dienone is 2. The number of hydrogen-bond acceptors (Lipinski definition) is 4. The Morgan fingerprint density at radius 2 is 1.45 bits per heavy atom. The second-order valence-electron chi connectivity index (χ2n) is 8.90. The van der Waals surface area contributed by atoms with Gasteiger partial charge in [0.15, 0.2) is 0 Å². The fraction of sp³-hybridized carbons (Fsp3) is 0.320. The Balaban J connectivity index is 1.10. The van der Waals surface area contributed by atoms with E-state index >= 15 is 0 Å². The van der Waals surface area contributed by atoms with Gasteiger partial charge >= 0.3 is 0 Å². The van der Waals surface area contributed by atoms with Crippen LogP contribution in [0.25, 0.3) is 0 Å². The van der Waals surface area contributed by atoms with Crippen molar-refractivity contribution in [2.75, 3.05) is 11.9 Å². The Kier molecular flexibility index (Phi) is 4.03. The number of imide groups is 1. The molecule has 0 radical (unpaired) electrons. The van der Waals surface area contributed by atoms with Crippen molar-refractivity contribution >= 4 is 23.4 Å². The molecule has 5 aliphatic rings. The van der Waals surface area contributed by atoms with Gasteiger partial charge in [0.2, 0.25) is 17.7 Å². The first-order valence-corrected chi connectivity index (χ1v) is 10.8. The molecule has 0 spiro atoms. The maximum Gasteiger partial charge on any atom is 0.244 e. The number of carbonyl (C=O) groups excluding carboxylic acids is 3. The molecule has 31 heavy (non-hydrogen) atoms. The van der Waals surface area contributed by atoms with E-state index in [9.17, 15) is 14.4 Å². The van der Waals surface area contributed by atoms with Gasteiger partial charge in [-0.2, -0.15) is 0 Å². The van der Waals surface area contributed by atoms with Gasteiger partial charge < -0.3 is 10.1 Å². The van der Waals surface area contributed by atoms with E-state index in [4.69, 9.17) is 4.74 Å². The van der Waals surface area contributed by atoms with Crippen molar-refractivity contribution in [3.63, 3.8) is 0 Å². The van der Waals surface area contributed by atoms with Gasteiger partial charge in [0.25, 0.3) is 0 Å². The molecule has 6 nitrogen and oxygen atoms in total. The number of carbonyl (C=O) groups is 3. The number of ether oxygens (including phenoxy) is 1. The van der Waals surface area contributed by atoms with Crippen molar-refractivity contribution in [3.05, 3.63) is 66.7 Å². The molecule has 0 aromatic heterocycles. The molecule has 7 rings (SSSR count). The number of hydrogen-bond donors (Lipinski definition) is 1. The van der Waals surface area contributed by atoms with Crippen LogP contribution in [-0.4, -0.2) is 29.2 Å². The fourth-order valence-electron chi connectivity index (χ4n) is 5.75. The van der Waals surface area contributed by atoms with E-state index in [2.05, 4.69) is 17.5 Å². The van der Waals surface area contributed by atoms with Crippen LogP contribution >= 0.6 is 0 Å². The van der Waals surface area contributed by atoms with Crippen LogP contribution in [0.4, 0.5) is 5.69 Å². The van der Waals surface area contributed by atoms with Gasteiger partial charge in [-0.05, 0) is 66.5 Å². The van der Waals surface area contributed by atoms with Crippen molar-refractivity contribution in [1.82, 2.24) is 4.90 Å². The monoisotopic (exact) mass is 414 g/mol. The molecule has 6 atom stereocenters. The second kappa shape index (κ2) is 6.80. The minimum absolute atomic E-state index is 0.168. The molecule has 1 N–H and O–H groups in total. The number of nitrogens with one attached hydrogen (secondary N) is 1. The minimum Gasteiger partial charge on any atom is -0.457 e. The molecule has 2 bridgehead atoms. The van der Waals surface area contributed by atoms with Crippen molar-refractivity contribution in [2.45, 2.75) is 6.42 Å². The van der Waals surface area contributed by atoms with E-state index in [1.165, 1.54) is 4.90 Å². The maximum atomic E-state index is 13.0. The van der Waals surface area contributed by atoms with Crippen LogP contribution in [0.15, 0.2) is 66.7 Å². The van der Waals surface area contributed by atoms with Gasteiger partial charge in [0, 0.05) is 5.69 Å². The highest BCUT2D eigenvalue weighted by molar-refractivity contribution is 6.09. The molecule has 3 amide bonds. The summed E-state index contributed by atoms with van der Waals surface area (Å²) in [6, 6.07) is 16.4. The zero-order chi connectivity index (χ0) is 21.1. The molecule has 1 heterocycles. The molecule has 2 aromatic carbocycles. The van der Waals surface area contributed by atoms with Gasteiger partial charge in [-0.25, -0.2) is 0 Å². The average molecular weight is 414 g/mol. The van der Waals surface area contributed by atoms with Gasteiger partial charge in [-0.3, -0.25) is 19.3 Å². The number of amides is 3. The van der Waals surface area contributed by atoms with Gasteiger partial charge in [0.1, 0.15) is 18.0 Å².